The molecule has 0 aliphatic carbocycles. The summed E-state index contributed by atoms with van der Waals surface area (Å²) in [6.07, 6.45) is 6.75. The Hall–Kier alpha value is -0.160. The van der Waals surface area contributed by atoms with Gasteiger partial charge in [0, 0.05) is 0 Å². The molecule has 0 aromatic rings. The lowest BCUT2D eigenvalue weighted by Crippen LogP contribution is -2.14. The zero-order valence-corrected chi connectivity index (χ0v) is 11.1. The van der Waals surface area contributed by atoms with Crippen LogP contribution >= 0.6 is 0 Å². The molecule has 0 radical (unpaired) electrons. The molecule has 0 N–H and O–H groups in total. The molecule has 1 unspecified atom stereocenters. The fraction of sp³-hybridized carbons (Fsp3) is 1.00. The molecule has 0 fully saturated rings. The normalized spacial score (nSPS) is 13.9. The Kier molecular flexibility index (Phi) is 8.84. The molecule has 16 heavy (non-hydrogen) atoms. The van der Waals surface area contributed by atoms with E-state index in [1.807, 2.05) is 0 Å². The number of alkyl halides is 1. The van der Waals surface area contributed by atoms with Crippen LogP contribution in [0.25, 0.3) is 0 Å². The van der Waals surface area contributed by atoms with Gasteiger partial charge in [0.2, 0.25) is 0 Å². The molecule has 0 rings (SSSR count). The van der Waals surface area contributed by atoms with Gasteiger partial charge in [-0.1, -0.05) is 45.4 Å². The molecule has 0 aromatic carbocycles. The van der Waals surface area contributed by atoms with Crippen molar-refractivity contribution in [2.24, 2.45) is 0 Å². The van der Waals surface area contributed by atoms with Gasteiger partial charge in [-0.05, 0) is 6.42 Å². The van der Waals surface area contributed by atoms with Crippen LogP contribution in [-0.4, -0.2) is 27.5 Å². The summed E-state index contributed by atoms with van der Waals surface area (Å²) in [5, 5.41) is 0. The molecule has 1 atom stereocenters. The molecule has 0 amide bonds. The lowest BCUT2D eigenvalue weighted by molar-refractivity contribution is 0.189. The van der Waals surface area contributed by atoms with Gasteiger partial charge in [0.15, 0.2) is 0 Å². The van der Waals surface area contributed by atoms with Gasteiger partial charge < -0.3 is 0 Å². The first-order valence-corrected chi connectivity index (χ1v) is 7.76. The molecule has 5 heteroatoms. The van der Waals surface area contributed by atoms with Crippen molar-refractivity contribution in [2.75, 3.05) is 12.9 Å². The molecule has 0 aliphatic rings. The zero-order chi connectivity index (χ0) is 12.4. The van der Waals surface area contributed by atoms with Crippen LogP contribution in [0, 0.1) is 0 Å². The lowest BCUT2D eigenvalue weighted by Gasteiger charge is -2.07. The van der Waals surface area contributed by atoms with Gasteiger partial charge in [0.1, 0.15) is 6.17 Å². The third-order valence-electron chi connectivity index (χ3n) is 2.33. The highest BCUT2D eigenvalue weighted by molar-refractivity contribution is 7.85. The summed E-state index contributed by atoms with van der Waals surface area (Å²) in [4.78, 5) is 0. The fourth-order valence-corrected chi connectivity index (χ4v) is 1.82. The standard InChI is InChI=1S/C11H23FO3S/c1-3-4-5-6-7-8-9-11(12)10-15-16(2,13)14/h11H,3-10H2,1-2H3. The summed E-state index contributed by atoms with van der Waals surface area (Å²) >= 11 is 0. The summed E-state index contributed by atoms with van der Waals surface area (Å²) in [7, 11) is -3.50. The number of hydrogen-bond donors (Lipinski definition) is 0. The van der Waals surface area contributed by atoms with E-state index < -0.39 is 16.3 Å². The minimum Gasteiger partial charge on any atom is -0.267 e. The number of unbranched alkanes of at least 4 members (excludes halogenated alkanes) is 5. The molecular weight excluding hydrogens is 231 g/mol. The molecule has 3 nitrogen and oxygen atoms in total. The lowest BCUT2D eigenvalue weighted by atomic mass is 10.1. The molecule has 0 spiro atoms. The summed E-state index contributed by atoms with van der Waals surface area (Å²) in [6, 6.07) is 0. The quantitative estimate of drug-likeness (QED) is 0.444. The smallest absolute Gasteiger partial charge is 0.264 e. The average molecular weight is 254 g/mol. The van der Waals surface area contributed by atoms with Crippen molar-refractivity contribution in [1.82, 2.24) is 0 Å². The highest BCUT2D eigenvalue weighted by Crippen LogP contribution is 2.11. The number of halogens is 1. The number of hydrogen-bond acceptors (Lipinski definition) is 3. The monoisotopic (exact) mass is 254 g/mol. The van der Waals surface area contributed by atoms with Crippen LogP contribution in [0.5, 0.6) is 0 Å². The highest BCUT2D eigenvalue weighted by atomic mass is 32.2. The fourth-order valence-electron chi connectivity index (χ4n) is 1.43. The molecule has 0 aromatic heterocycles. The van der Waals surface area contributed by atoms with E-state index in [0.717, 1.165) is 25.5 Å². The van der Waals surface area contributed by atoms with Gasteiger partial charge in [-0.2, -0.15) is 8.42 Å². The summed E-state index contributed by atoms with van der Waals surface area (Å²) in [6.45, 7) is 1.81. The maximum absolute atomic E-state index is 13.1. The van der Waals surface area contributed by atoms with E-state index in [-0.39, 0.29) is 6.61 Å². The van der Waals surface area contributed by atoms with Crippen LogP contribution in [-0.2, 0) is 14.3 Å². The molecular formula is C11H23FO3S. The molecule has 0 aliphatic heterocycles. The van der Waals surface area contributed by atoms with Gasteiger partial charge in [-0.15, -0.1) is 0 Å². The predicted molar refractivity (Wildman–Crippen MR) is 63.7 cm³/mol. The molecule has 98 valence electrons. The van der Waals surface area contributed by atoms with Crippen molar-refractivity contribution in [2.45, 2.75) is 58.0 Å². The Balaban J connectivity index is 3.34. The first-order valence-electron chi connectivity index (χ1n) is 5.94. The second-order valence-electron chi connectivity index (χ2n) is 4.14. The van der Waals surface area contributed by atoms with E-state index in [1.165, 1.54) is 19.3 Å². The van der Waals surface area contributed by atoms with Gasteiger partial charge in [-0.3, -0.25) is 4.18 Å². The second kappa shape index (κ2) is 8.93. The summed E-state index contributed by atoms with van der Waals surface area (Å²) in [5.74, 6) is 0. The highest BCUT2D eigenvalue weighted by Gasteiger charge is 2.10. The average Bonchev–Trinajstić information content (AvgIpc) is 2.19. The first kappa shape index (κ1) is 15.8. The third kappa shape index (κ3) is 11.9. The van der Waals surface area contributed by atoms with E-state index in [2.05, 4.69) is 11.1 Å². The molecule has 0 heterocycles. The number of rotatable bonds is 10. The summed E-state index contributed by atoms with van der Waals surface area (Å²) in [5.41, 5.74) is 0. The largest absolute Gasteiger partial charge is 0.267 e. The van der Waals surface area contributed by atoms with Crippen molar-refractivity contribution in [1.29, 1.82) is 0 Å². The van der Waals surface area contributed by atoms with Gasteiger partial charge in [0.25, 0.3) is 10.1 Å². The van der Waals surface area contributed by atoms with Crippen molar-refractivity contribution < 1.29 is 17.0 Å². The van der Waals surface area contributed by atoms with E-state index >= 15 is 0 Å². The van der Waals surface area contributed by atoms with Crippen molar-refractivity contribution in [3.05, 3.63) is 0 Å². The van der Waals surface area contributed by atoms with Crippen molar-refractivity contribution >= 4 is 10.1 Å². The maximum atomic E-state index is 13.1. The second-order valence-corrected chi connectivity index (χ2v) is 5.79. The Labute approximate surface area is 98.5 Å². The van der Waals surface area contributed by atoms with Gasteiger partial charge in [0.05, 0.1) is 12.9 Å². The Morgan fingerprint density at radius 1 is 1.12 bits per heavy atom. The maximum Gasteiger partial charge on any atom is 0.264 e. The minimum absolute atomic E-state index is 0.339. The van der Waals surface area contributed by atoms with Crippen LogP contribution in [0.2, 0.25) is 0 Å². The van der Waals surface area contributed by atoms with Crippen molar-refractivity contribution in [3.8, 4) is 0 Å². The third-order valence-corrected chi connectivity index (χ3v) is 2.90. The predicted octanol–water partition coefficient (Wildman–Crippen LogP) is 3.05. The molecule has 0 saturated heterocycles. The topological polar surface area (TPSA) is 43.4 Å². The van der Waals surface area contributed by atoms with Crippen LogP contribution < -0.4 is 0 Å². The van der Waals surface area contributed by atoms with Gasteiger partial charge >= 0.3 is 0 Å². The zero-order valence-electron chi connectivity index (χ0n) is 10.2. The van der Waals surface area contributed by atoms with Gasteiger partial charge in [-0.25, -0.2) is 4.39 Å². The van der Waals surface area contributed by atoms with E-state index in [9.17, 15) is 12.8 Å². The Morgan fingerprint density at radius 3 is 2.25 bits per heavy atom. The van der Waals surface area contributed by atoms with Crippen LogP contribution in [0.4, 0.5) is 4.39 Å². The Bertz CT molecular complexity index is 252. The Morgan fingerprint density at radius 2 is 1.69 bits per heavy atom. The van der Waals surface area contributed by atoms with E-state index in [1.54, 1.807) is 0 Å². The minimum atomic E-state index is -3.50. The molecule has 0 saturated carbocycles. The van der Waals surface area contributed by atoms with E-state index in [4.69, 9.17) is 0 Å². The van der Waals surface area contributed by atoms with Crippen molar-refractivity contribution in [3.63, 3.8) is 0 Å². The van der Waals surface area contributed by atoms with Crippen LogP contribution in [0.3, 0.4) is 0 Å². The SMILES string of the molecule is CCCCCCCCC(F)COS(C)(=O)=O. The summed E-state index contributed by atoms with van der Waals surface area (Å²) < 4.78 is 38.7. The van der Waals surface area contributed by atoms with E-state index in [0.29, 0.717) is 6.42 Å². The van der Waals surface area contributed by atoms with Crippen LogP contribution in [0.1, 0.15) is 51.9 Å². The molecule has 0 bridgehead atoms. The van der Waals surface area contributed by atoms with Crippen LogP contribution in [0.15, 0.2) is 0 Å². The first-order chi connectivity index (χ1) is 7.45.